The highest BCUT2D eigenvalue weighted by molar-refractivity contribution is 7.71. The van der Waals surface area contributed by atoms with E-state index in [2.05, 4.69) is 26.5 Å². The summed E-state index contributed by atoms with van der Waals surface area (Å²) in [6.45, 7) is 3.43. The standard InChI is InChI=1S/C14H20N4S/c1-17-8-4-11(5-9-17)6-10-18-13-12(16-14(18)19)3-2-7-15-13/h2-3,7,11H,4-6,8-10H2,1H3,(H,16,19). The van der Waals surface area contributed by atoms with Gasteiger partial charge in [-0.3, -0.25) is 0 Å². The Labute approximate surface area is 118 Å². The smallest absolute Gasteiger partial charge is 0.179 e. The molecular weight excluding hydrogens is 256 g/mol. The molecule has 0 bridgehead atoms. The lowest BCUT2D eigenvalue weighted by atomic mass is 9.94. The summed E-state index contributed by atoms with van der Waals surface area (Å²) < 4.78 is 2.94. The van der Waals surface area contributed by atoms with Gasteiger partial charge in [-0.1, -0.05) is 0 Å². The first-order valence-corrected chi connectivity index (χ1v) is 7.37. The molecule has 0 aliphatic carbocycles. The Morgan fingerprint density at radius 2 is 2.21 bits per heavy atom. The zero-order valence-corrected chi connectivity index (χ0v) is 12.1. The van der Waals surface area contributed by atoms with Gasteiger partial charge in [-0.25, -0.2) is 4.98 Å². The first-order chi connectivity index (χ1) is 9.24. The molecule has 0 aromatic carbocycles. The fourth-order valence-corrected chi connectivity index (χ4v) is 3.15. The normalized spacial score (nSPS) is 18.2. The third kappa shape index (κ3) is 2.72. The van der Waals surface area contributed by atoms with Gasteiger partial charge in [0.2, 0.25) is 0 Å². The zero-order chi connectivity index (χ0) is 13.2. The highest BCUT2D eigenvalue weighted by Crippen LogP contribution is 2.21. The van der Waals surface area contributed by atoms with Gasteiger partial charge in [-0.15, -0.1) is 0 Å². The third-order valence-electron chi connectivity index (χ3n) is 4.13. The summed E-state index contributed by atoms with van der Waals surface area (Å²) >= 11 is 5.40. The molecule has 0 unspecified atom stereocenters. The lowest BCUT2D eigenvalue weighted by Gasteiger charge is -2.28. The predicted molar refractivity (Wildman–Crippen MR) is 79.8 cm³/mol. The number of nitrogens with zero attached hydrogens (tertiary/aromatic N) is 3. The minimum absolute atomic E-state index is 0.793. The third-order valence-corrected chi connectivity index (χ3v) is 4.45. The maximum Gasteiger partial charge on any atom is 0.179 e. The molecule has 5 heteroatoms. The van der Waals surface area contributed by atoms with Crippen LogP contribution >= 0.6 is 12.2 Å². The fraction of sp³-hybridized carbons (Fsp3) is 0.571. The van der Waals surface area contributed by atoms with Crippen molar-refractivity contribution in [2.45, 2.75) is 25.8 Å². The summed E-state index contributed by atoms with van der Waals surface area (Å²) in [5.74, 6) is 0.826. The topological polar surface area (TPSA) is 36.9 Å². The van der Waals surface area contributed by atoms with Crippen LogP contribution < -0.4 is 0 Å². The van der Waals surface area contributed by atoms with Gasteiger partial charge in [0, 0.05) is 12.7 Å². The van der Waals surface area contributed by atoms with E-state index in [0.29, 0.717) is 0 Å². The molecule has 1 saturated heterocycles. The number of aryl methyl sites for hydroxylation is 1. The molecule has 19 heavy (non-hydrogen) atoms. The molecule has 0 amide bonds. The number of aromatic amines is 1. The molecule has 0 atom stereocenters. The Kier molecular flexibility index (Phi) is 3.66. The number of hydrogen-bond acceptors (Lipinski definition) is 3. The number of H-pyrrole nitrogens is 1. The zero-order valence-electron chi connectivity index (χ0n) is 11.3. The molecule has 1 fully saturated rings. The van der Waals surface area contributed by atoms with Gasteiger partial charge >= 0.3 is 0 Å². The van der Waals surface area contributed by atoms with Crippen LogP contribution in [0, 0.1) is 10.7 Å². The maximum atomic E-state index is 5.40. The van der Waals surface area contributed by atoms with Crippen LogP contribution in [0.5, 0.6) is 0 Å². The van der Waals surface area contributed by atoms with E-state index in [0.717, 1.165) is 28.4 Å². The lowest BCUT2D eigenvalue weighted by Crippen LogP contribution is -2.30. The van der Waals surface area contributed by atoms with E-state index in [4.69, 9.17) is 12.2 Å². The molecule has 3 rings (SSSR count). The Balaban J connectivity index is 1.72. The van der Waals surface area contributed by atoms with Crippen molar-refractivity contribution in [1.82, 2.24) is 19.4 Å². The van der Waals surface area contributed by atoms with Gasteiger partial charge in [-0.2, -0.15) is 0 Å². The number of imidazole rings is 1. The molecule has 1 aliphatic rings. The van der Waals surface area contributed by atoms with Gasteiger partial charge in [-0.05, 0) is 69.7 Å². The van der Waals surface area contributed by atoms with Gasteiger partial charge in [0.15, 0.2) is 10.4 Å². The number of rotatable bonds is 3. The molecular formula is C14H20N4S. The van der Waals surface area contributed by atoms with E-state index in [-0.39, 0.29) is 0 Å². The minimum atomic E-state index is 0.793. The Hall–Kier alpha value is -1.20. The highest BCUT2D eigenvalue weighted by Gasteiger charge is 2.17. The van der Waals surface area contributed by atoms with Gasteiger partial charge in [0.05, 0.1) is 5.52 Å². The highest BCUT2D eigenvalue weighted by atomic mass is 32.1. The Morgan fingerprint density at radius 1 is 1.42 bits per heavy atom. The molecule has 0 spiro atoms. The largest absolute Gasteiger partial charge is 0.329 e. The average Bonchev–Trinajstić information content (AvgIpc) is 2.74. The van der Waals surface area contributed by atoms with Crippen LogP contribution in [0.3, 0.4) is 0 Å². The molecule has 3 heterocycles. The summed E-state index contributed by atoms with van der Waals surface area (Å²) in [6, 6.07) is 3.97. The van der Waals surface area contributed by atoms with Crippen molar-refractivity contribution in [2.75, 3.05) is 20.1 Å². The van der Waals surface area contributed by atoms with Crippen LogP contribution in [0.1, 0.15) is 19.3 Å². The van der Waals surface area contributed by atoms with E-state index >= 15 is 0 Å². The SMILES string of the molecule is CN1CCC(CCn2c(=S)[nH]c3cccnc32)CC1. The van der Waals surface area contributed by atoms with Crippen LogP contribution in [-0.2, 0) is 6.54 Å². The second kappa shape index (κ2) is 5.43. The van der Waals surface area contributed by atoms with Crippen molar-refractivity contribution >= 4 is 23.4 Å². The van der Waals surface area contributed by atoms with Crippen molar-refractivity contribution in [3.05, 3.63) is 23.1 Å². The number of pyridine rings is 1. The van der Waals surface area contributed by atoms with Gasteiger partial charge in [0.1, 0.15) is 0 Å². The number of nitrogens with one attached hydrogen (secondary N) is 1. The van der Waals surface area contributed by atoms with Gasteiger partial charge in [0.25, 0.3) is 0 Å². The van der Waals surface area contributed by atoms with E-state index < -0.39 is 0 Å². The summed E-state index contributed by atoms with van der Waals surface area (Å²) in [5.41, 5.74) is 2.02. The van der Waals surface area contributed by atoms with E-state index in [1.807, 2.05) is 18.3 Å². The predicted octanol–water partition coefficient (Wildman–Crippen LogP) is 2.83. The summed E-state index contributed by atoms with van der Waals surface area (Å²) in [4.78, 5) is 10.1. The molecule has 0 saturated carbocycles. The van der Waals surface area contributed by atoms with Crippen LogP contribution in [0.15, 0.2) is 18.3 Å². The number of aromatic nitrogens is 3. The average molecular weight is 276 g/mol. The second-order valence-electron chi connectivity index (χ2n) is 5.49. The second-order valence-corrected chi connectivity index (χ2v) is 5.88. The maximum absolute atomic E-state index is 5.40. The molecule has 1 aliphatic heterocycles. The summed E-state index contributed by atoms with van der Waals surface area (Å²) in [5, 5.41) is 0. The number of likely N-dealkylation sites (tertiary alicyclic amines) is 1. The molecule has 102 valence electrons. The number of hydrogen-bond donors (Lipinski definition) is 1. The quantitative estimate of drug-likeness (QED) is 0.876. The van der Waals surface area contributed by atoms with Crippen LogP contribution in [-0.4, -0.2) is 39.6 Å². The molecule has 1 N–H and O–H groups in total. The minimum Gasteiger partial charge on any atom is -0.329 e. The van der Waals surface area contributed by atoms with Crippen molar-refractivity contribution in [3.8, 4) is 0 Å². The van der Waals surface area contributed by atoms with Crippen LogP contribution in [0.25, 0.3) is 11.2 Å². The first-order valence-electron chi connectivity index (χ1n) is 6.96. The Morgan fingerprint density at radius 3 is 3.00 bits per heavy atom. The molecule has 2 aromatic rings. The monoisotopic (exact) mass is 276 g/mol. The molecule has 0 radical (unpaired) electrons. The lowest BCUT2D eigenvalue weighted by molar-refractivity contribution is 0.208. The van der Waals surface area contributed by atoms with Gasteiger partial charge < -0.3 is 14.5 Å². The number of fused-ring (bicyclic) bond motifs is 1. The fourth-order valence-electron chi connectivity index (χ4n) is 2.86. The van der Waals surface area contributed by atoms with Crippen molar-refractivity contribution in [2.24, 2.45) is 5.92 Å². The van der Waals surface area contributed by atoms with Crippen LogP contribution in [0.2, 0.25) is 0 Å². The number of piperidine rings is 1. The summed E-state index contributed by atoms with van der Waals surface area (Å²) in [7, 11) is 2.20. The van der Waals surface area contributed by atoms with E-state index in [1.54, 1.807) is 0 Å². The van der Waals surface area contributed by atoms with Crippen molar-refractivity contribution in [3.63, 3.8) is 0 Å². The Bertz CT molecular complexity index is 607. The van der Waals surface area contributed by atoms with Crippen molar-refractivity contribution < 1.29 is 0 Å². The summed E-state index contributed by atoms with van der Waals surface area (Å²) in [6.07, 6.45) is 5.64. The van der Waals surface area contributed by atoms with E-state index in [9.17, 15) is 0 Å². The molecule has 2 aromatic heterocycles. The first kappa shape index (κ1) is 12.8. The van der Waals surface area contributed by atoms with Crippen LogP contribution in [0.4, 0.5) is 0 Å². The van der Waals surface area contributed by atoms with Crippen molar-refractivity contribution in [1.29, 1.82) is 0 Å². The molecule has 4 nitrogen and oxygen atoms in total. The van der Waals surface area contributed by atoms with E-state index in [1.165, 1.54) is 32.4 Å².